The van der Waals surface area contributed by atoms with Gasteiger partial charge in [-0.05, 0) is 48.6 Å². The third-order valence-corrected chi connectivity index (χ3v) is 5.16. The van der Waals surface area contributed by atoms with Gasteiger partial charge in [-0.25, -0.2) is 4.79 Å². The predicted molar refractivity (Wildman–Crippen MR) is 99.5 cm³/mol. The number of nitrogens with one attached hydrogen (secondary N) is 1. The second-order valence-electron chi connectivity index (χ2n) is 6.84. The van der Waals surface area contributed by atoms with Crippen LogP contribution in [0.5, 0.6) is 11.5 Å². The minimum atomic E-state index is -0.00866. The number of carbonyl (C=O) groups is 1. The highest BCUT2D eigenvalue weighted by atomic mass is 16.6. The average molecular weight is 352 g/mol. The van der Waals surface area contributed by atoms with Crippen LogP contribution in [0.3, 0.4) is 0 Å². The molecule has 0 bridgehead atoms. The van der Waals surface area contributed by atoms with Gasteiger partial charge in [0.15, 0.2) is 11.5 Å². The first kappa shape index (κ1) is 16.8. The van der Waals surface area contributed by atoms with Crippen LogP contribution in [0.2, 0.25) is 0 Å². The van der Waals surface area contributed by atoms with Crippen LogP contribution in [0.15, 0.2) is 42.5 Å². The van der Waals surface area contributed by atoms with E-state index in [1.165, 1.54) is 5.56 Å². The van der Waals surface area contributed by atoms with Gasteiger partial charge < -0.3 is 19.7 Å². The minimum absolute atomic E-state index is 0.00866. The first-order valence-electron chi connectivity index (χ1n) is 9.21. The third-order valence-electron chi connectivity index (χ3n) is 5.16. The zero-order valence-electron chi connectivity index (χ0n) is 15.0. The smallest absolute Gasteiger partial charge is 0.318 e. The van der Waals surface area contributed by atoms with Crippen molar-refractivity contribution in [2.24, 2.45) is 0 Å². The molecule has 136 valence electrons. The monoisotopic (exact) mass is 352 g/mol. The summed E-state index contributed by atoms with van der Waals surface area (Å²) in [7, 11) is 0. The summed E-state index contributed by atoms with van der Waals surface area (Å²) in [4.78, 5) is 14.7. The van der Waals surface area contributed by atoms with Crippen LogP contribution in [-0.4, -0.2) is 30.7 Å². The molecule has 1 unspecified atom stereocenters. The lowest BCUT2D eigenvalue weighted by molar-refractivity contribution is 0.170. The molecular weight excluding hydrogens is 328 g/mol. The molecule has 0 saturated carbocycles. The number of hydrogen-bond donors (Lipinski definition) is 1. The van der Waals surface area contributed by atoms with Crippen LogP contribution in [0.1, 0.15) is 35.6 Å². The molecule has 2 aliphatic heterocycles. The Morgan fingerprint density at radius 3 is 2.81 bits per heavy atom. The molecule has 26 heavy (non-hydrogen) atoms. The first-order chi connectivity index (χ1) is 12.7. The number of ether oxygens (including phenoxy) is 2. The van der Waals surface area contributed by atoms with E-state index in [9.17, 15) is 4.79 Å². The fraction of sp³-hybridized carbons (Fsp3) is 0.381. The second-order valence-corrected chi connectivity index (χ2v) is 6.84. The normalized spacial score (nSPS) is 18.7. The van der Waals surface area contributed by atoms with Crippen LogP contribution < -0.4 is 14.8 Å². The van der Waals surface area contributed by atoms with Crippen molar-refractivity contribution in [2.45, 2.75) is 32.4 Å². The van der Waals surface area contributed by atoms with Crippen molar-refractivity contribution in [3.05, 3.63) is 59.2 Å². The summed E-state index contributed by atoms with van der Waals surface area (Å²) >= 11 is 0. The fourth-order valence-electron chi connectivity index (χ4n) is 3.70. The summed E-state index contributed by atoms with van der Waals surface area (Å²) in [5, 5.41) is 3.07. The maximum Gasteiger partial charge on any atom is 0.318 e. The molecule has 4 rings (SSSR count). The van der Waals surface area contributed by atoms with Crippen LogP contribution in [-0.2, 0) is 6.54 Å². The quantitative estimate of drug-likeness (QED) is 0.914. The van der Waals surface area contributed by atoms with Gasteiger partial charge in [0, 0.05) is 13.1 Å². The Kier molecular flexibility index (Phi) is 4.69. The van der Waals surface area contributed by atoms with E-state index in [0.29, 0.717) is 19.8 Å². The Balaban J connectivity index is 1.46. The Hall–Kier alpha value is -2.69. The van der Waals surface area contributed by atoms with Gasteiger partial charge in [-0.2, -0.15) is 0 Å². The molecule has 1 fully saturated rings. The first-order valence-corrected chi connectivity index (χ1v) is 9.21. The molecule has 1 atom stereocenters. The second kappa shape index (κ2) is 7.28. The number of likely N-dealkylation sites (tertiary alicyclic amines) is 1. The predicted octanol–water partition coefficient (Wildman–Crippen LogP) is 3.81. The molecule has 2 amide bonds. The van der Waals surface area contributed by atoms with Crippen LogP contribution in [0.25, 0.3) is 0 Å². The highest BCUT2D eigenvalue weighted by Gasteiger charge is 2.30. The van der Waals surface area contributed by atoms with Gasteiger partial charge in [0.05, 0.1) is 6.04 Å². The minimum Gasteiger partial charge on any atom is -0.486 e. The topological polar surface area (TPSA) is 50.8 Å². The van der Waals surface area contributed by atoms with E-state index >= 15 is 0 Å². The van der Waals surface area contributed by atoms with Crippen LogP contribution >= 0.6 is 0 Å². The number of hydrogen-bond acceptors (Lipinski definition) is 3. The molecule has 0 aliphatic carbocycles. The van der Waals surface area contributed by atoms with Gasteiger partial charge in [0.25, 0.3) is 0 Å². The molecular formula is C21H24N2O3. The van der Waals surface area contributed by atoms with Crippen molar-refractivity contribution in [3.63, 3.8) is 0 Å². The highest BCUT2D eigenvalue weighted by molar-refractivity contribution is 5.75. The van der Waals surface area contributed by atoms with Crippen molar-refractivity contribution < 1.29 is 14.3 Å². The molecule has 0 aromatic heterocycles. The molecule has 5 nitrogen and oxygen atoms in total. The number of carbonyl (C=O) groups excluding carboxylic acids is 1. The highest BCUT2D eigenvalue weighted by Crippen LogP contribution is 2.38. The lowest BCUT2D eigenvalue weighted by Crippen LogP contribution is -2.39. The number of nitrogens with zero attached hydrogens (tertiary/aromatic N) is 1. The molecule has 1 saturated heterocycles. The van der Waals surface area contributed by atoms with E-state index in [4.69, 9.17) is 9.47 Å². The molecule has 2 heterocycles. The zero-order valence-corrected chi connectivity index (χ0v) is 15.0. The van der Waals surface area contributed by atoms with E-state index in [1.807, 2.05) is 35.2 Å². The summed E-state index contributed by atoms with van der Waals surface area (Å²) in [5.41, 5.74) is 3.45. The van der Waals surface area contributed by atoms with Crippen molar-refractivity contribution in [1.29, 1.82) is 0 Å². The van der Waals surface area contributed by atoms with Gasteiger partial charge in [-0.1, -0.05) is 30.3 Å². The van der Waals surface area contributed by atoms with E-state index in [-0.39, 0.29) is 12.1 Å². The maximum atomic E-state index is 12.8. The lowest BCUT2D eigenvalue weighted by atomic mass is 10.0. The zero-order chi connectivity index (χ0) is 17.9. The van der Waals surface area contributed by atoms with Crippen molar-refractivity contribution >= 4 is 6.03 Å². The molecule has 1 N–H and O–H groups in total. The number of amides is 2. The van der Waals surface area contributed by atoms with Crippen molar-refractivity contribution in [1.82, 2.24) is 10.2 Å². The van der Waals surface area contributed by atoms with E-state index in [1.54, 1.807) is 0 Å². The standard InChI is InChI=1S/C21H24N2O3/c1-15-5-2-3-6-17(15)14-22-21(24)23-10-4-7-18(23)16-8-9-19-20(13-16)26-12-11-25-19/h2-3,5-6,8-9,13,18H,4,7,10-12,14H2,1H3,(H,22,24). The number of fused-ring (bicyclic) bond motifs is 1. The number of rotatable bonds is 3. The maximum absolute atomic E-state index is 12.8. The SMILES string of the molecule is Cc1ccccc1CNC(=O)N1CCCC1c1ccc2c(c1)OCCO2. The largest absolute Gasteiger partial charge is 0.486 e. The van der Waals surface area contributed by atoms with Crippen molar-refractivity contribution in [2.75, 3.05) is 19.8 Å². The number of aryl methyl sites for hydroxylation is 1. The van der Waals surface area contributed by atoms with Crippen molar-refractivity contribution in [3.8, 4) is 11.5 Å². The Labute approximate surface area is 153 Å². The Bertz CT molecular complexity index is 806. The van der Waals surface area contributed by atoms with Gasteiger partial charge in [-0.15, -0.1) is 0 Å². The Morgan fingerprint density at radius 1 is 1.15 bits per heavy atom. The molecule has 2 aliphatic rings. The number of urea groups is 1. The van der Waals surface area contributed by atoms with E-state index < -0.39 is 0 Å². The van der Waals surface area contributed by atoms with Gasteiger partial charge in [0.1, 0.15) is 13.2 Å². The summed E-state index contributed by atoms with van der Waals surface area (Å²) in [5.74, 6) is 1.56. The summed E-state index contributed by atoms with van der Waals surface area (Å²) < 4.78 is 11.3. The summed E-state index contributed by atoms with van der Waals surface area (Å²) in [6.07, 6.45) is 1.98. The molecule has 5 heteroatoms. The summed E-state index contributed by atoms with van der Waals surface area (Å²) in [6, 6.07) is 14.2. The van der Waals surface area contributed by atoms with Crippen LogP contribution in [0, 0.1) is 6.92 Å². The average Bonchev–Trinajstić information content (AvgIpc) is 3.17. The molecule has 0 spiro atoms. The molecule has 0 radical (unpaired) electrons. The molecule has 2 aromatic carbocycles. The van der Waals surface area contributed by atoms with E-state index in [2.05, 4.69) is 24.4 Å². The Morgan fingerprint density at radius 2 is 1.96 bits per heavy atom. The van der Waals surface area contributed by atoms with Gasteiger partial charge in [0.2, 0.25) is 0 Å². The van der Waals surface area contributed by atoms with Crippen LogP contribution in [0.4, 0.5) is 4.79 Å². The van der Waals surface area contributed by atoms with Gasteiger partial charge >= 0.3 is 6.03 Å². The molecule has 2 aromatic rings. The fourth-order valence-corrected chi connectivity index (χ4v) is 3.70. The summed E-state index contributed by atoms with van der Waals surface area (Å²) in [6.45, 7) is 4.55. The lowest BCUT2D eigenvalue weighted by Gasteiger charge is -2.27. The van der Waals surface area contributed by atoms with E-state index in [0.717, 1.165) is 42.0 Å². The third kappa shape index (κ3) is 3.34. The van der Waals surface area contributed by atoms with Gasteiger partial charge in [-0.3, -0.25) is 0 Å². The number of benzene rings is 2.